The molecule has 0 saturated carbocycles. The predicted molar refractivity (Wildman–Crippen MR) is 146 cm³/mol. The van der Waals surface area contributed by atoms with Crippen LogP contribution in [0.2, 0.25) is 0 Å². The Bertz CT molecular complexity index is 1180. The standard InChI is InChI=1S/C30H37N3O6/c1-19(20-6-4-3-5-7-20)31-28(34)17-23-9-10-25-27(39-23)18-38-26-11-8-22(16-24(26)30(36)33(25)2)32-29(35)21-12-14-37-15-13-21/h3-8,11,16,19,21,23,25,27H,9-10,12-15,17-18H2,1-2H3,(H,31,34)(H,32,35)/t19-,23-,25-,27-/m0/s1. The molecule has 0 spiro atoms. The minimum Gasteiger partial charge on any atom is -0.490 e. The van der Waals surface area contributed by atoms with E-state index in [1.54, 1.807) is 30.1 Å². The van der Waals surface area contributed by atoms with Gasteiger partial charge in [0, 0.05) is 31.9 Å². The van der Waals surface area contributed by atoms with Gasteiger partial charge in [-0.25, -0.2) is 0 Å². The molecule has 3 aliphatic heterocycles. The van der Waals surface area contributed by atoms with Crippen molar-refractivity contribution in [2.24, 2.45) is 5.92 Å². The fourth-order valence-electron chi connectivity index (χ4n) is 5.64. The first-order chi connectivity index (χ1) is 18.9. The normalized spacial score (nSPS) is 24.3. The summed E-state index contributed by atoms with van der Waals surface area (Å²) in [6, 6.07) is 14.8. The van der Waals surface area contributed by atoms with Crippen LogP contribution in [0.5, 0.6) is 5.75 Å². The van der Waals surface area contributed by atoms with Gasteiger partial charge >= 0.3 is 0 Å². The molecular formula is C30H37N3O6. The second-order valence-electron chi connectivity index (χ2n) is 10.7. The summed E-state index contributed by atoms with van der Waals surface area (Å²) in [7, 11) is 1.78. The minimum atomic E-state index is -0.349. The monoisotopic (exact) mass is 535 g/mol. The molecule has 2 aromatic carbocycles. The Morgan fingerprint density at radius 3 is 2.59 bits per heavy atom. The molecule has 2 aromatic rings. The van der Waals surface area contributed by atoms with Crippen LogP contribution in [0, 0.1) is 5.92 Å². The Kier molecular flexibility index (Phi) is 8.47. The van der Waals surface area contributed by atoms with Crippen LogP contribution in [-0.4, -0.2) is 67.7 Å². The lowest BCUT2D eigenvalue weighted by Gasteiger charge is -2.42. The van der Waals surface area contributed by atoms with Crippen molar-refractivity contribution < 1.29 is 28.6 Å². The van der Waals surface area contributed by atoms with Gasteiger partial charge in [0.2, 0.25) is 11.8 Å². The van der Waals surface area contributed by atoms with Crippen LogP contribution in [-0.2, 0) is 19.1 Å². The van der Waals surface area contributed by atoms with E-state index in [9.17, 15) is 14.4 Å². The zero-order valence-electron chi connectivity index (χ0n) is 22.6. The van der Waals surface area contributed by atoms with Crippen LogP contribution in [0.4, 0.5) is 5.69 Å². The molecule has 4 atom stereocenters. The number of likely N-dealkylation sites (N-methyl/N-ethyl adjacent to an activating group) is 1. The van der Waals surface area contributed by atoms with Crippen molar-refractivity contribution in [3.05, 3.63) is 59.7 Å². The van der Waals surface area contributed by atoms with Crippen molar-refractivity contribution in [2.75, 3.05) is 32.2 Å². The number of hydrogen-bond donors (Lipinski definition) is 2. The average molecular weight is 536 g/mol. The summed E-state index contributed by atoms with van der Waals surface area (Å²) < 4.78 is 17.7. The number of carbonyl (C=O) groups excluding carboxylic acids is 3. The van der Waals surface area contributed by atoms with Crippen molar-refractivity contribution in [1.29, 1.82) is 0 Å². The van der Waals surface area contributed by atoms with Gasteiger partial charge in [-0.15, -0.1) is 0 Å². The summed E-state index contributed by atoms with van der Waals surface area (Å²) in [5, 5.41) is 6.01. The van der Waals surface area contributed by atoms with E-state index >= 15 is 0 Å². The third-order valence-corrected chi connectivity index (χ3v) is 7.96. The number of hydrogen-bond acceptors (Lipinski definition) is 6. The van der Waals surface area contributed by atoms with Crippen LogP contribution >= 0.6 is 0 Å². The number of fused-ring (bicyclic) bond motifs is 2. The van der Waals surface area contributed by atoms with Crippen molar-refractivity contribution >= 4 is 23.4 Å². The lowest BCUT2D eigenvalue weighted by molar-refractivity contribution is -0.134. The third kappa shape index (κ3) is 6.42. The number of anilines is 1. The fourth-order valence-corrected chi connectivity index (χ4v) is 5.64. The van der Waals surface area contributed by atoms with E-state index in [0.29, 0.717) is 55.9 Å². The molecule has 2 saturated heterocycles. The molecule has 39 heavy (non-hydrogen) atoms. The van der Waals surface area contributed by atoms with E-state index in [0.717, 1.165) is 5.56 Å². The molecule has 2 fully saturated rings. The molecule has 0 aromatic heterocycles. The molecule has 0 aliphatic carbocycles. The third-order valence-electron chi connectivity index (χ3n) is 7.96. The molecule has 9 heteroatoms. The number of nitrogens with zero attached hydrogens (tertiary/aromatic N) is 1. The van der Waals surface area contributed by atoms with Gasteiger partial charge in [-0.05, 0) is 56.4 Å². The smallest absolute Gasteiger partial charge is 0.257 e. The van der Waals surface area contributed by atoms with E-state index in [4.69, 9.17) is 14.2 Å². The molecule has 5 rings (SSSR count). The van der Waals surface area contributed by atoms with Crippen LogP contribution < -0.4 is 15.4 Å². The zero-order chi connectivity index (χ0) is 27.4. The largest absolute Gasteiger partial charge is 0.490 e. The number of carbonyl (C=O) groups is 3. The molecule has 3 aliphatic rings. The van der Waals surface area contributed by atoms with Crippen LogP contribution in [0.3, 0.4) is 0 Å². The molecule has 0 unspecified atom stereocenters. The number of rotatable bonds is 6. The second kappa shape index (κ2) is 12.2. The highest BCUT2D eigenvalue weighted by atomic mass is 16.5. The summed E-state index contributed by atoms with van der Waals surface area (Å²) in [5.74, 6) is 0.0615. The van der Waals surface area contributed by atoms with Gasteiger partial charge in [-0.2, -0.15) is 0 Å². The van der Waals surface area contributed by atoms with Crippen LogP contribution in [0.15, 0.2) is 48.5 Å². The second-order valence-corrected chi connectivity index (χ2v) is 10.7. The van der Waals surface area contributed by atoms with Gasteiger partial charge in [-0.1, -0.05) is 30.3 Å². The van der Waals surface area contributed by atoms with Gasteiger partial charge in [0.25, 0.3) is 5.91 Å². The highest BCUT2D eigenvalue weighted by molar-refractivity contribution is 6.00. The number of benzene rings is 2. The predicted octanol–water partition coefficient (Wildman–Crippen LogP) is 3.70. The first-order valence-electron chi connectivity index (χ1n) is 13.8. The zero-order valence-corrected chi connectivity index (χ0v) is 22.6. The van der Waals surface area contributed by atoms with E-state index < -0.39 is 0 Å². The Morgan fingerprint density at radius 2 is 1.82 bits per heavy atom. The summed E-state index contributed by atoms with van der Waals surface area (Å²) in [5.41, 5.74) is 2.04. The van der Waals surface area contributed by atoms with Gasteiger partial charge in [0.1, 0.15) is 18.5 Å². The Hall–Kier alpha value is -3.43. The molecule has 3 heterocycles. The molecular weight excluding hydrogens is 498 g/mol. The summed E-state index contributed by atoms with van der Waals surface area (Å²) in [6.45, 7) is 3.40. The van der Waals surface area contributed by atoms with E-state index in [-0.39, 0.29) is 61.0 Å². The number of ether oxygens (including phenoxy) is 3. The molecule has 0 bridgehead atoms. The summed E-state index contributed by atoms with van der Waals surface area (Å²) in [6.07, 6.45) is 2.42. The molecule has 2 N–H and O–H groups in total. The van der Waals surface area contributed by atoms with Gasteiger partial charge < -0.3 is 29.7 Å². The topological polar surface area (TPSA) is 106 Å². The van der Waals surface area contributed by atoms with Crippen molar-refractivity contribution in [1.82, 2.24) is 10.2 Å². The van der Waals surface area contributed by atoms with Gasteiger partial charge in [0.15, 0.2) is 0 Å². The molecule has 9 nitrogen and oxygen atoms in total. The average Bonchev–Trinajstić information content (AvgIpc) is 2.96. The Morgan fingerprint density at radius 1 is 1.05 bits per heavy atom. The van der Waals surface area contributed by atoms with Crippen LogP contribution in [0.1, 0.15) is 61.0 Å². The Labute approximate surface area is 229 Å². The lowest BCUT2D eigenvalue weighted by Crippen LogP contribution is -2.54. The van der Waals surface area contributed by atoms with E-state index in [2.05, 4.69) is 10.6 Å². The number of nitrogens with one attached hydrogen (secondary N) is 2. The van der Waals surface area contributed by atoms with Gasteiger partial charge in [-0.3, -0.25) is 14.4 Å². The first kappa shape index (κ1) is 27.1. The summed E-state index contributed by atoms with van der Waals surface area (Å²) in [4.78, 5) is 40.6. The maximum absolute atomic E-state index is 13.5. The van der Waals surface area contributed by atoms with Crippen molar-refractivity contribution in [2.45, 2.75) is 63.3 Å². The summed E-state index contributed by atoms with van der Waals surface area (Å²) >= 11 is 0. The number of amides is 3. The van der Waals surface area contributed by atoms with Crippen molar-refractivity contribution in [3.8, 4) is 5.75 Å². The SMILES string of the molecule is C[C@H](NC(=O)C[C@@H]1CC[C@H]2[C@H](COc3ccc(NC(=O)C4CCOCC4)cc3C(=O)N2C)O1)c1ccccc1. The molecule has 208 valence electrons. The minimum absolute atomic E-state index is 0.0557. The lowest BCUT2D eigenvalue weighted by atomic mass is 9.94. The van der Waals surface area contributed by atoms with Gasteiger partial charge in [0.05, 0.1) is 30.2 Å². The highest BCUT2D eigenvalue weighted by Gasteiger charge is 2.39. The van der Waals surface area contributed by atoms with E-state index in [1.165, 1.54) is 0 Å². The highest BCUT2D eigenvalue weighted by Crippen LogP contribution is 2.33. The molecule has 0 radical (unpaired) electrons. The van der Waals surface area contributed by atoms with Crippen molar-refractivity contribution in [3.63, 3.8) is 0 Å². The van der Waals surface area contributed by atoms with Crippen LogP contribution in [0.25, 0.3) is 0 Å². The first-order valence-corrected chi connectivity index (χ1v) is 13.8. The quantitative estimate of drug-likeness (QED) is 0.584. The Balaban J connectivity index is 1.21. The maximum Gasteiger partial charge on any atom is 0.257 e. The molecule has 3 amide bonds. The fraction of sp³-hybridized carbons (Fsp3) is 0.500. The maximum atomic E-state index is 13.5. The van der Waals surface area contributed by atoms with E-state index in [1.807, 2.05) is 37.3 Å².